The van der Waals surface area contributed by atoms with Crippen LogP contribution in [-0.2, 0) is 19.6 Å². The number of fused-ring (bicyclic) bond motifs is 5. The zero-order valence-electron chi connectivity index (χ0n) is 16.6. The minimum atomic E-state index is -3.54. The SMILES string of the molecule is CS(=O)(=O)/N=C1\CCCN2C(=O)COc3cccnc3C3CCC(CC3)OC[C@@H]12. The van der Waals surface area contributed by atoms with Crippen LogP contribution in [0.3, 0.4) is 0 Å². The van der Waals surface area contributed by atoms with Crippen LogP contribution in [0.25, 0.3) is 0 Å². The van der Waals surface area contributed by atoms with Gasteiger partial charge in [0, 0.05) is 18.7 Å². The van der Waals surface area contributed by atoms with E-state index >= 15 is 0 Å². The molecule has 2 bridgehead atoms. The predicted molar refractivity (Wildman–Crippen MR) is 108 cm³/mol. The lowest BCUT2D eigenvalue weighted by Gasteiger charge is -2.37. The number of piperidine rings is 1. The Morgan fingerprint density at radius 2 is 2.03 bits per heavy atom. The lowest BCUT2D eigenvalue weighted by molar-refractivity contribution is -0.136. The number of hydrogen-bond donors (Lipinski definition) is 0. The van der Waals surface area contributed by atoms with Crippen molar-refractivity contribution in [2.75, 3.05) is 26.0 Å². The number of carbonyl (C=O) groups excluding carboxylic acids is 1. The maximum Gasteiger partial charge on any atom is 0.261 e. The van der Waals surface area contributed by atoms with Crippen LogP contribution in [-0.4, -0.2) is 68.1 Å². The number of rotatable bonds is 1. The highest BCUT2D eigenvalue weighted by atomic mass is 32.2. The molecule has 2 fully saturated rings. The molecule has 0 unspecified atom stereocenters. The number of sulfonamides is 1. The Kier molecular flexibility index (Phi) is 5.87. The molecular formula is C20H27N3O5S. The van der Waals surface area contributed by atoms with Crippen molar-refractivity contribution >= 4 is 21.6 Å². The molecular weight excluding hydrogens is 394 g/mol. The third-order valence-corrected chi connectivity index (χ3v) is 6.46. The van der Waals surface area contributed by atoms with E-state index in [0.717, 1.165) is 37.6 Å². The number of ether oxygens (including phenoxy) is 2. The Hall–Kier alpha value is -2.00. The molecule has 5 rings (SSSR count). The van der Waals surface area contributed by atoms with Gasteiger partial charge >= 0.3 is 0 Å². The Morgan fingerprint density at radius 3 is 2.79 bits per heavy atom. The standard InChI is InChI=1S/C20H27N3O5S/c1-29(25,26)22-16-4-3-11-23-17(16)12-27-15-8-6-14(7-9-15)20-18(5-2-10-21-20)28-13-19(23)24/h2,5,10,14-15,17H,3-4,6-9,11-13H2,1H3/b22-16+/t14?,15?,17-/m0/s1. The molecule has 0 N–H and O–H groups in total. The van der Waals surface area contributed by atoms with E-state index in [-0.39, 0.29) is 25.2 Å². The van der Waals surface area contributed by atoms with Gasteiger partial charge in [0.05, 0.1) is 36.4 Å². The summed E-state index contributed by atoms with van der Waals surface area (Å²) in [5, 5.41) is 0. The Morgan fingerprint density at radius 1 is 1.24 bits per heavy atom. The van der Waals surface area contributed by atoms with Crippen LogP contribution in [0.4, 0.5) is 0 Å². The first kappa shape index (κ1) is 20.3. The molecule has 1 atom stereocenters. The van der Waals surface area contributed by atoms with Gasteiger partial charge in [-0.25, -0.2) is 8.42 Å². The molecule has 3 aliphatic heterocycles. The van der Waals surface area contributed by atoms with E-state index < -0.39 is 16.1 Å². The summed E-state index contributed by atoms with van der Waals surface area (Å²) in [6.45, 7) is 0.685. The lowest BCUT2D eigenvalue weighted by atomic mass is 9.84. The molecule has 0 radical (unpaired) electrons. The maximum atomic E-state index is 13.0. The first-order chi connectivity index (χ1) is 13.9. The number of hydrogen-bond acceptors (Lipinski definition) is 6. The van der Waals surface area contributed by atoms with Crippen molar-refractivity contribution in [3.63, 3.8) is 0 Å². The molecule has 1 aromatic heterocycles. The van der Waals surface area contributed by atoms with Crippen LogP contribution in [0.5, 0.6) is 5.75 Å². The fourth-order valence-electron chi connectivity index (χ4n) is 4.52. The minimum Gasteiger partial charge on any atom is -0.482 e. The summed E-state index contributed by atoms with van der Waals surface area (Å²) in [6, 6.07) is 3.21. The normalized spacial score (nSPS) is 29.8. The molecule has 1 aromatic rings. The van der Waals surface area contributed by atoms with E-state index in [1.807, 2.05) is 12.1 Å². The highest BCUT2D eigenvalue weighted by molar-refractivity contribution is 7.89. The van der Waals surface area contributed by atoms with Gasteiger partial charge in [0.25, 0.3) is 5.91 Å². The molecule has 29 heavy (non-hydrogen) atoms. The minimum absolute atomic E-state index is 0.0958. The van der Waals surface area contributed by atoms with E-state index in [4.69, 9.17) is 9.47 Å². The largest absolute Gasteiger partial charge is 0.482 e. The smallest absolute Gasteiger partial charge is 0.261 e. The van der Waals surface area contributed by atoms with Crippen LogP contribution < -0.4 is 4.74 Å². The zero-order chi connectivity index (χ0) is 20.4. The van der Waals surface area contributed by atoms with Gasteiger partial charge in [-0.2, -0.15) is 4.40 Å². The van der Waals surface area contributed by atoms with Gasteiger partial charge in [-0.3, -0.25) is 9.78 Å². The summed E-state index contributed by atoms with van der Waals surface area (Å²) < 4.78 is 39.6. The number of carbonyl (C=O) groups is 1. The number of amides is 1. The molecule has 8 nitrogen and oxygen atoms in total. The van der Waals surface area contributed by atoms with Crippen molar-refractivity contribution in [2.24, 2.45) is 4.40 Å². The molecule has 1 saturated heterocycles. The Labute approximate surface area is 171 Å². The molecule has 9 heteroatoms. The fraction of sp³-hybridized carbons (Fsp3) is 0.650. The molecule has 1 amide bonds. The highest BCUT2D eigenvalue weighted by Crippen LogP contribution is 2.37. The van der Waals surface area contributed by atoms with Crippen molar-refractivity contribution in [3.8, 4) is 5.75 Å². The van der Waals surface area contributed by atoms with Crippen molar-refractivity contribution in [2.45, 2.75) is 56.6 Å². The lowest BCUT2D eigenvalue weighted by Crippen LogP contribution is -2.53. The van der Waals surface area contributed by atoms with E-state index in [1.165, 1.54) is 0 Å². The molecule has 1 aliphatic carbocycles. The van der Waals surface area contributed by atoms with Gasteiger partial charge in [-0.15, -0.1) is 0 Å². The van der Waals surface area contributed by atoms with Gasteiger partial charge in [-0.05, 0) is 50.7 Å². The topological polar surface area (TPSA) is 98.2 Å². The second-order valence-corrected chi connectivity index (χ2v) is 9.65. The first-order valence-electron chi connectivity index (χ1n) is 10.2. The quantitative estimate of drug-likeness (QED) is 0.687. The second-order valence-electron chi connectivity index (χ2n) is 8.00. The van der Waals surface area contributed by atoms with Crippen LogP contribution in [0.2, 0.25) is 0 Å². The van der Waals surface area contributed by atoms with Gasteiger partial charge < -0.3 is 14.4 Å². The molecule has 1 saturated carbocycles. The van der Waals surface area contributed by atoms with E-state index in [1.54, 1.807) is 11.1 Å². The average molecular weight is 422 g/mol. The third-order valence-electron chi connectivity index (χ3n) is 5.90. The highest BCUT2D eigenvalue weighted by Gasteiger charge is 2.35. The van der Waals surface area contributed by atoms with Crippen molar-refractivity contribution < 1.29 is 22.7 Å². The van der Waals surface area contributed by atoms with Crippen molar-refractivity contribution in [1.82, 2.24) is 9.88 Å². The molecule has 158 valence electrons. The average Bonchev–Trinajstić information content (AvgIpc) is 2.71. The zero-order valence-corrected chi connectivity index (χ0v) is 17.4. The molecule has 4 aliphatic rings. The first-order valence-corrected chi connectivity index (χ1v) is 12.0. The molecule has 0 aromatic carbocycles. The Balaban J connectivity index is 1.65. The van der Waals surface area contributed by atoms with Crippen LogP contribution in [0.1, 0.15) is 50.1 Å². The summed E-state index contributed by atoms with van der Waals surface area (Å²) in [4.78, 5) is 19.2. The molecule has 4 heterocycles. The summed E-state index contributed by atoms with van der Waals surface area (Å²) in [7, 11) is -3.54. The van der Waals surface area contributed by atoms with E-state index in [0.29, 0.717) is 36.8 Å². The van der Waals surface area contributed by atoms with Gasteiger partial charge in [0.15, 0.2) is 6.61 Å². The number of pyridine rings is 1. The van der Waals surface area contributed by atoms with Gasteiger partial charge in [-0.1, -0.05) is 0 Å². The summed E-state index contributed by atoms with van der Waals surface area (Å²) in [5.74, 6) is 0.760. The van der Waals surface area contributed by atoms with E-state index in [2.05, 4.69) is 9.38 Å². The van der Waals surface area contributed by atoms with Crippen LogP contribution in [0.15, 0.2) is 22.7 Å². The predicted octanol–water partition coefficient (Wildman–Crippen LogP) is 1.91. The fourth-order valence-corrected chi connectivity index (χ4v) is 5.16. The summed E-state index contributed by atoms with van der Waals surface area (Å²) in [6.07, 6.45) is 7.86. The maximum absolute atomic E-state index is 13.0. The van der Waals surface area contributed by atoms with Crippen molar-refractivity contribution in [1.29, 1.82) is 0 Å². The third kappa shape index (κ3) is 4.78. The van der Waals surface area contributed by atoms with Gasteiger partial charge in [0.2, 0.25) is 10.0 Å². The van der Waals surface area contributed by atoms with Crippen molar-refractivity contribution in [3.05, 3.63) is 24.0 Å². The van der Waals surface area contributed by atoms with Crippen LogP contribution in [0, 0.1) is 0 Å². The summed E-state index contributed by atoms with van der Waals surface area (Å²) >= 11 is 0. The molecule has 0 spiro atoms. The number of aromatic nitrogens is 1. The number of nitrogens with zero attached hydrogens (tertiary/aromatic N) is 3. The second kappa shape index (κ2) is 8.39. The monoisotopic (exact) mass is 421 g/mol. The van der Waals surface area contributed by atoms with E-state index in [9.17, 15) is 13.2 Å². The summed E-state index contributed by atoms with van der Waals surface area (Å²) in [5.41, 5.74) is 1.41. The Bertz CT molecular complexity index is 893. The van der Waals surface area contributed by atoms with Crippen LogP contribution >= 0.6 is 0 Å². The van der Waals surface area contributed by atoms with Gasteiger partial charge in [0.1, 0.15) is 5.75 Å².